The van der Waals surface area contributed by atoms with Gasteiger partial charge in [-0.25, -0.2) is 0 Å². The van der Waals surface area contributed by atoms with Crippen LogP contribution in [-0.2, 0) is 0 Å². The lowest BCUT2D eigenvalue weighted by Crippen LogP contribution is -2.27. The highest BCUT2D eigenvalue weighted by atomic mass is 16.6. The van der Waals surface area contributed by atoms with E-state index in [-0.39, 0.29) is 28.6 Å². The third-order valence-electron chi connectivity index (χ3n) is 3.19. The highest BCUT2D eigenvalue weighted by Gasteiger charge is 2.32. The van der Waals surface area contributed by atoms with Crippen LogP contribution in [0.25, 0.3) is 0 Å². The summed E-state index contributed by atoms with van der Waals surface area (Å²) in [6, 6.07) is -0.0532. The summed E-state index contributed by atoms with van der Waals surface area (Å²) in [6.07, 6.45) is 0.760. The molecule has 0 saturated heterocycles. The molecule has 6 nitrogen and oxygen atoms in total. The number of aromatic nitrogens is 2. The minimum absolute atomic E-state index is 0.0472. The first-order chi connectivity index (χ1) is 8.31. The minimum atomic E-state index is -0.346. The van der Waals surface area contributed by atoms with Crippen LogP contribution < -0.4 is 5.73 Å². The zero-order valence-electron chi connectivity index (χ0n) is 11.7. The van der Waals surface area contributed by atoms with Crippen LogP contribution in [0.5, 0.6) is 0 Å². The topological polar surface area (TPSA) is 87.0 Å². The van der Waals surface area contributed by atoms with Gasteiger partial charge in [0.05, 0.1) is 4.92 Å². The van der Waals surface area contributed by atoms with E-state index < -0.39 is 0 Å². The third kappa shape index (κ3) is 2.53. The normalized spacial score (nSPS) is 14.8. The summed E-state index contributed by atoms with van der Waals surface area (Å²) in [7, 11) is 0. The molecule has 0 aliphatic rings. The van der Waals surface area contributed by atoms with Crippen LogP contribution in [0.3, 0.4) is 0 Å². The van der Waals surface area contributed by atoms with Crippen molar-refractivity contribution in [1.29, 1.82) is 0 Å². The van der Waals surface area contributed by atoms with Gasteiger partial charge in [0.1, 0.15) is 11.4 Å². The van der Waals surface area contributed by atoms with Gasteiger partial charge in [-0.05, 0) is 34.1 Å². The average Bonchev–Trinajstić information content (AvgIpc) is 2.56. The maximum Gasteiger partial charge on any atom is 0.313 e. The van der Waals surface area contributed by atoms with Crippen molar-refractivity contribution in [2.45, 2.75) is 59.0 Å². The van der Waals surface area contributed by atoms with E-state index in [0.29, 0.717) is 11.4 Å². The molecule has 2 N–H and O–H groups in total. The van der Waals surface area contributed by atoms with E-state index in [9.17, 15) is 10.1 Å². The summed E-state index contributed by atoms with van der Waals surface area (Å²) < 4.78 is 1.74. The average molecular weight is 254 g/mol. The molecule has 0 aliphatic carbocycles. The highest BCUT2D eigenvalue weighted by molar-refractivity contribution is 5.43. The monoisotopic (exact) mass is 254 g/mol. The number of rotatable bonds is 5. The van der Waals surface area contributed by atoms with Crippen molar-refractivity contribution in [1.82, 2.24) is 9.78 Å². The number of aryl methyl sites for hydroxylation is 1. The lowest BCUT2D eigenvalue weighted by Gasteiger charge is -2.21. The second-order valence-electron chi connectivity index (χ2n) is 4.99. The molecule has 0 amide bonds. The van der Waals surface area contributed by atoms with E-state index in [4.69, 9.17) is 5.73 Å². The van der Waals surface area contributed by atoms with Gasteiger partial charge in [0.2, 0.25) is 0 Å². The zero-order chi connectivity index (χ0) is 14.0. The van der Waals surface area contributed by atoms with Crippen LogP contribution in [0.15, 0.2) is 0 Å². The second kappa shape index (κ2) is 5.48. The first-order valence-corrected chi connectivity index (χ1v) is 6.30. The molecule has 2 atom stereocenters. The predicted molar refractivity (Wildman–Crippen MR) is 70.7 cm³/mol. The smallest absolute Gasteiger partial charge is 0.313 e. The molecule has 0 saturated carbocycles. The van der Waals surface area contributed by atoms with Crippen LogP contribution in [-0.4, -0.2) is 20.7 Å². The summed E-state index contributed by atoms with van der Waals surface area (Å²) in [5.41, 5.74) is 7.20. The van der Waals surface area contributed by atoms with Crippen molar-refractivity contribution in [2.75, 3.05) is 0 Å². The number of nitrogens with zero attached hydrogens (tertiary/aromatic N) is 3. The van der Waals surface area contributed by atoms with Crippen molar-refractivity contribution in [3.63, 3.8) is 0 Å². The Bertz CT molecular complexity index is 438. The molecular formula is C12H22N4O2. The van der Waals surface area contributed by atoms with Crippen molar-refractivity contribution < 1.29 is 4.92 Å². The molecule has 1 aromatic heterocycles. The van der Waals surface area contributed by atoms with Crippen LogP contribution in [0.4, 0.5) is 5.69 Å². The molecule has 0 fully saturated rings. The van der Waals surface area contributed by atoms with Gasteiger partial charge in [-0.15, -0.1) is 0 Å². The zero-order valence-corrected chi connectivity index (χ0v) is 11.7. The summed E-state index contributed by atoms with van der Waals surface area (Å²) >= 11 is 0. The van der Waals surface area contributed by atoms with Crippen LogP contribution in [0.2, 0.25) is 0 Å². The molecule has 0 spiro atoms. The molecule has 0 radical (unpaired) electrons. The van der Waals surface area contributed by atoms with Crippen molar-refractivity contribution in [2.24, 2.45) is 5.73 Å². The first kappa shape index (κ1) is 14.6. The van der Waals surface area contributed by atoms with E-state index >= 15 is 0 Å². The van der Waals surface area contributed by atoms with Crippen molar-refractivity contribution >= 4 is 5.69 Å². The maximum absolute atomic E-state index is 11.2. The maximum atomic E-state index is 11.2. The summed E-state index contributed by atoms with van der Waals surface area (Å²) in [4.78, 5) is 10.9. The van der Waals surface area contributed by atoms with E-state index in [1.807, 2.05) is 27.7 Å². The Morgan fingerprint density at radius 1 is 1.44 bits per heavy atom. The third-order valence-corrected chi connectivity index (χ3v) is 3.19. The summed E-state index contributed by atoms with van der Waals surface area (Å²) in [5, 5.41) is 15.5. The number of nitrogens with two attached hydrogens (primary N) is 1. The van der Waals surface area contributed by atoms with Crippen LogP contribution in [0.1, 0.15) is 57.5 Å². The first-order valence-electron chi connectivity index (χ1n) is 6.30. The van der Waals surface area contributed by atoms with Crippen LogP contribution >= 0.6 is 0 Å². The van der Waals surface area contributed by atoms with E-state index in [0.717, 1.165) is 6.42 Å². The molecular weight excluding hydrogens is 232 g/mol. The van der Waals surface area contributed by atoms with Crippen molar-refractivity contribution in [3.05, 3.63) is 21.5 Å². The van der Waals surface area contributed by atoms with Gasteiger partial charge in [-0.1, -0.05) is 6.92 Å². The Balaban J connectivity index is 3.49. The highest BCUT2D eigenvalue weighted by Crippen LogP contribution is 2.34. The van der Waals surface area contributed by atoms with E-state index in [1.54, 1.807) is 11.6 Å². The molecule has 0 aromatic carbocycles. The van der Waals surface area contributed by atoms with Gasteiger partial charge in [-0.2, -0.15) is 5.10 Å². The predicted octanol–water partition coefficient (Wildman–Crippen LogP) is 2.52. The summed E-state index contributed by atoms with van der Waals surface area (Å²) in [5.74, 6) is -0.0472. The Hall–Kier alpha value is -1.43. The van der Waals surface area contributed by atoms with E-state index in [1.165, 1.54) is 0 Å². The Morgan fingerprint density at radius 3 is 2.33 bits per heavy atom. The molecule has 0 aliphatic heterocycles. The molecule has 1 rings (SSSR count). The molecule has 0 bridgehead atoms. The SMILES string of the molecule is CCC(c1c([N+](=O)[O-])c(C)nn1C(C)C)C(C)N. The fourth-order valence-corrected chi connectivity index (χ4v) is 2.34. The number of nitro groups is 1. The van der Waals surface area contributed by atoms with Crippen LogP contribution in [0, 0.1) is 17.0 Å². The molecule has 1 heterocycles. The lowest BCUT2D eigenvalue weighted by atomic mass is 9.93. The minimum Gasteiger partial charge on any atom is -0.327 e. The number of hydrogen-bond acceptors (Lipinski definition) is 4. The second-order valence-corrected chi connectivity index (χ2v) is 4.99. The van der Waals surface area contributed by atoms with Gasteiger partial charge in [0, 0.05) is 18.0 Å². The molecule has 18 heavy (non-hydrogen) atoms. The van der Waals surface area contributed by atoms with Gasteiger partial charge in [0.25, 0.3) is 0 Å². The molecule has 1 aromatic rings. The molecule has 6 heteroatoms. The van der Waals surface area contributed by atoms with E-state index in [2.05, 4.69) is 5.10 Å². The van der Waals surface area contributed by atoms with Crippen molar-refractivity contribution in [3.8, 4) is 0 Å². The van der Waals surface area contributed by atoms with Gasteiger partial charge < -0.3 is 5.73 Å². The largest absolute Gasteiger partial charge is 0.327 e. The van der Waals surface area contributed by atoms with Gasteiger partial charge in [0.15, 0.2) is 0 Å². The fraction of sp³-hybridized carbons (Fsp3) is 0.750. The molecule has 102 valence electrons. The lowest BCUT2D eigenvalue weighted by molar-refractivity contribution is -0.386. The Kier molecular flexibility index (Phi) is 4.45. The fourth-order valence-electron chi connectivity index (χ4n) is 2.34. The van der Waals surface area contributed by atoms with Gasteiger partial charge in [-0.3, -0.25) is 14.8 Å². The van der Waals surface area contributed by atoms with Gasteiger partial charge >= 0.3 is 5.69 Å². The quantitative estimate of drug-likeness (QED) is 0.646. The Morgan fingerprint density at radius 2 is 2.00 bits per heavy atom. The summed E-state index contributed by atoms with van der Waals surface area (Å²) in [6.45, 7) is 9.48. The number of hydrogen-bond donors (Lipinski definition) is 1. The Labute approximate surface area is 107 Å². The standard InChI is InChI=1S/C12H22N4O2/c1-6-10(8(4)13)12-11(16(17)18)9(5)14-15(12)7(2)3/h7-8,10H,6,13H2,1-5H3. The molecule has 2 unspecified atom stereocenters.